The Bertz CT molecular complexity index is 1330. The van der Waals surface area contributed by atoms with Crippen molar-refractivity contribution >= 4 is 17.9 Å². The van der Waals surface area contributed by atoms with Crippen molar-refractivity contribution < 1.29 is 28.6 Å². The Morgan fingerprint density at radius 2 is 0.667 bits per heavy atom. The third-order valence-corrected chi connectivity index (χ3v) is 11.4. The monoisotopic (exact) mass is 917 g/mol. The lowest BCUT2D eigenvalue weighted by Crippen LogP contribution is -2.30. The van der Waals surface area contributed by atoms with Crippen molar-refractivity contribution in [1.82, 2.24) is 0 Å². The lowest BCUT2D eigenvalue weighted by Gasteiger charge is -2.18. The molecule has 0 radical (unpaired) electrons. The number of hydrogen-bond acceptors (Lipinski definition) is 6. The van der Waals surface area contributed by atoms with E-state index in [1.807, 2.05) is 0 Å². The third kappa shape index (κ3) is 51.3. The number of rotatable bonds is 48. The van der Waals surface area contributed by atoms with Gasteiger partial charge in [-0.1, -0.05) is 227 Å². The molecule has 0 aromatic rings. The van der Waals surface area contributed by atoms with E-state index in [-0.39, 0.29) is 37.5 Å². The van der Waals surface area contributed by atoms with Crippen molar-refractivity contribution in [2.24, 2.45) is 0 Å². The molecule has 0 aromatic carbocycles. The van der Waals surface area contributed by atoms with Crippen LogP contribution in [0.4, 0.5) is 0 Å². The SMILES string of the molecule is CC/C=C\C/C=C\C/C=C\CCCC(=O)OCC(COC(=O)CCCCCCCCCCCC/C=C\C=C/CCCCC)OC(=O)CCCCCCC\C=C/C=C\C=C/CCCCCCC. The van der Waals surface area contributed by atoms with E-state index >= 15 is 0 Å². The molecule has 0 fully saturated rings. The molecule has 0 N–H and O–H groups in total. The first-order chi connectivity index (χ1) is 32.5. The van der Waals surface area contributed by atoms with Crippen molar-refractivity contribution in [1.29, 1.82) is 0 Å². The maximum Gasteiger partial charge on any atom is 0.306 e. The molecule has 376 valence electrons. The van der Waals surface area contributed by atoms with Gasteiger partial charge >= 0.3 is 17.9 Å². The van der Waals surface area contributed by atoms with Crippen molar-refractivity contribution in [3.63, 3.8) is 0 Å². The van der Waals surface area contributed by atoms with Crippen LogP contribution in [0.15, 0.2) is 97.2 Å². The summed E-state index contributed by atoms with van der Waals surface area (Å²) in [5, 5.41) is 0. The number of esters is 3. The minimum atomic E-state index is -0.810. The van der Waals surface area contributed by atoms with Gasteiger partial charge in [0.1, 0.15) is 13.2 Å². The molecule has 66 heavy (non-hydrogen) atoms. The van der Waals surface area contributed by atoms with Gasteiger partial charge in [-0.2, -0.15) is 0 Å². The minimum Gasteiger partial charge on any atom is -0.462 e. The lowest BCUT2D eigenvalue weighted by atomic mass is 10.1. The molecule has 0 aliphatic carbocycles. The van der Waals surface area contributed by atoms with E-state index in [4.69, 9.17) is 14.2 Å². The molecule has 6 nitrogen and oxygen atoms in total. The van der Waals surface area contributed by atoms with Gasteiger partial charge in [0.25, 0.3) is 0 Å². The van der Waals surface area contributed by atoms with Gasteiger partial charge in [-0.25, -0.2) is 0 Å². The van der Waals surface area contributed by atoms with Crippen molar-refractivity contribution in [2.45, 2.75) is 252 Å². The van der Waals surface area contributed by atoms with E-state index in [0.29, 0.717) is 19.3 Å². The third-order valence-electron chi connectivity index (χ3n) is 11.4. The molecule has 0 bridgehead atoms. The molecule has 0 saturated heterocycles. The topological polar surface area (TPSA) is 78.9 Å². The standard InChI is InChI=1S/C60H100O6/c1-4-7-10-13-16-19-22-24-26-28-30-32-33-35-38-41-44-47-50-53-59(62)65-56-57(55-64-58(61)52-49-46-43-40-37-21-18-15-12-9-6-3)66-60(63)54-51-48-45-42-39-36-34-31-29-27-25-23-20-17-14-11-8-5-2/h9,12,16,18-19,21-25,27,29,31,34,40,43,57H,4-8,10-11,13-15,17,20,26,28,30,32-33,35-39,41-42,44-56H2,1-3H3/b12-9-,19-16-,21-18-,24-22-,25-23-,29-27-,34-31-,43-40-. The Kier molecular flexibility index (Phi) is 50.9. The second-order valence-corrected chi connectivity index (χ2v) is 17.8. The molecule has 6 heteroatoms. The smallest absolute Gasteiger partial charge is 0.306 e. The molecule has 0 heterocycles. The highest BCUT2D eigenvalue weighted by atomic mass is 16.6. The molecule has 0 aliphatic heterocycles. The van der Waals surface area contributed by atoms with Crippen molar-refractivity contribution in [3.05, 3.63) is 97.2 Å². The summed E-state index contributed by atoms with van der Waals surface area (Å²) >= 11 is 0. The van der Waals surface area contributed by atoms with Crippen LogP contribution in [0.3, 0.4) is 0 Å². The number of carbonyl (C=O) groups is 3. The van der Waals surface area contributed by atoms with E-state index in [2.05, 4.69) is 118 Å². The zero-order valence-corrected chi connectivity index (χ0v) is 42.9. The van der Waals surface area contributed by atoms with Crippen molar-refractivity contribution in [3.8, 4) is 0 Å². The maximum absolute atomic E-state index is 12.8. The first kappa shape index (κ1) is 62.3. The highest BCUT2D eigenvalue weighted by Gasteiger charge is 2.19. The fraction of sp³-hybridized carbons (Fsp3) is 0.683. The average molecular weight is 917 g/mol. The summed E-state index contributed by atoms with van der Waals surface area (Å²) < 4.78 is 16.7. The Labute approximate surface area is 407 Å². The average Bonchev–Trinajstić information content (AvgIpc) is 3.31. The van der Waals surface area contributed by atoms with E-state index < -0.39 is 6.10 Å². The summed E-state index contributed by atoms with van der Waals surface area (Å²) in [6.07, 6.45) is 71.2. The van der Waals surface area contributed by atoms with Gasteiger partial charge in [0.05, 0.1) is 0 Å². The maximum atomic E-state index is 12.8. The number of hydrogen-bond donors (Lipinski definition) is 0. The van der Waals surface area contributed by atoms with Gasteiger partial charge in [-0.3, -0.25) is 14.4 Å². The number of ether oxygens (including phenoxy) is 3. The Balaban J connectivity index is 4.43. The molecule has 0 rings (SSSR count). The number of unbranched alkanes of at least 4 members (excludes halogenated alkanes) is 24. The van der Waals surface area contributed by atoms with Gasteiger partial charge in [0, 0.05) is 19.3 Å². The zero-order valence-electron chi connectivity index (χ0n) is 42.9. The molecule has 1 unspecified atom stereocenters. The second kappa shape index (κ2) is 53.9. The number of carbonyl (C=O) groups excluding carboxylic acids is 3. The summed E-state index contributed by atoms with van der Waals surface area (Å²) in [6, 6.07) is 0. The largest absolute Gasteiger partial charge is 0.462 e. The highest BCUT2D eigenvalue weighted by molar-refractivity contribution is 5.71. The summed E-state index contributed by atoms with van der Waals surface area (Å²) in [4.78, 5) is 38.0. The van der Waals surface area contributed by atoms with Crippen LogP contribution in [0.5, 0.6) is 0 Å². The molecule has 0 amide bonds. The van der Waals surface area contributed by atoms with Crippen LogP contribution in [-0.2, 0) is 28.6 Å². The minimum absolute atomic E-state index is 0.104. The number of allylic oxidation sites excluding steroid dienone is 16. The molecule has 0 saturated carbocycles. The zero-order chi connectivity index (χ0) is 47.9. The fourth-order valence-corrected chi connectivity index (χ4v) is 7.28. The van der Waals surface area contributed by atoms with Crippen molar-refractivity contribution in [2.75, 3.05) is 13.2 Å². The summed E-state index contributed by atoms with van der Waals surface area (Å²) in [5.74, 6) is -0.985. The Morgan fingerprint density at radius 3 is 1.14 bits per heavy atom. The first-order valence-electron chi connectivity index (χ1n) is 27.3. The predicted molar refractivity (Wildman–Crippen MR) is 284 cm³/mol. The first-order valence-corrected chi connectivity index (χ1v) is 27.3. The van der Waals surface area contributed by atoms with E-state index in [0.717, 1.165) is 89.9 Å². The predicted octanol–water partition coefficient (Wildman–Crippen LogP) is 18.1. The molecule has 0 aromatic heterocycles. The summed E-state index contributed by atoms with van der Waals surface area (Å²) in [7, 11) is 0. The summed E-state index contributed by atoms with van der Waals surface area (Å²) in [6.45, 7) is 6.41. The van der Waals surface area contributed by atoms with Crippen LogP contribution in [0.1, 0.15) is 245 Å². The van der Waals surface area contributed by atoms with Crippen LogP contribution in [-0.4, -0.2) is 37.2 Å². The van der Waals surface area contributed by atoms with Gasteiger partial charge < -0.3 is 14.2 Å². The molecular formula is C60H100O6. The summed E-state index contributed by atoms with van der Waals surface area (Å²) in [5.41, 5.74) is 0. The van der Waals surface area contributed by atoms with Crippen LogP contribution in [0.2, 0.25) is 0 Å². The van der Waals surface area contributed by atoms with Crippen LogP contribution < -0.4 is 0 Å². The quantitative estimate of drug-likeness (QED) is 0.0199. The fourth-order valence-electron chi connectivity index (χ4n) is 7.28. The van der Waals surface area contributed by atoms with E-state index in [9.17, 15) is 14.4 Å². The second-order valence-electron chi connectivity index (χ2n) is 17.8. The van der Waals surface area contributed by atoms with Gasteiger partial charge in [0.2, 0.25) is 0 Å². The highest BCUT2D eigenvalue weighted by Crippen LogP contribution is 2.14. The Morgan fingerprint density at radius 1 is 0.333 bits per heavy atom. The van der Waals surface area contributed by atoms with Gasteiger partial charge in [-0.05, 0) is 96.3 Å². The van der Waals surface area contributed by atoms with Gasteiger partial charge in [-0.15, -0.1) is 0 Å². The molecule has 0 aliphatic rings. The van der Waals surface area contributed by atoms with Gasteiger partial charge in [0.15, 0.2) is 6.10 Å². The Hall–Kier alpha value is -3.67. The normalized spacial score (nSPS) is 12.8. The lowest BCUT2D eigenvalue weighted by molar-refractivity contribution is -0.167. The van der Waals surface area contributed by atoms with E-state index in [1.165, 1.54) is 109 Å². The van der Waals surface area contributed by atoms with Crippen LogP contribution in [0, 0.1) is 0 Å². The van der Waals surface area contributed by atoms with Crippen LogP contribution in [0.25, 0.3) is 0 Å². The van der Waals surface area contributed by atoms with E-state index in [1.54, 1.807) is 0 Å². The molecule has 0 spiro atoms. The molecule has 1 atom stereocenters. The van der Waals surface area contributed by atoms with Crippen LogP contribution >= 0.6 is 0 Å². The molecular weight excluding hydrogens is 817 g/mol.